The summed E-state index contributed by atoms with van der Waals surface area (Å²) in [6, 6.07) is 4.02. The third-order valence-corrected chi connectivity index (χ3v) is 3.27. The van der Waals surface area contributed by atoms with Crippen LogP contribution in [0.2, 0.25) is 0 Å². The monoisotopic (exact) mass is 244 g/mol. The van der Waals surface area contributed by atoms with Crippen molar-refractivity contribution in [3.8, 4) is 0 Å². The first-order valence-corrected chi connectivity index (χ1v) is 6.21. The highest BCUT2D eigenvalue weighted by molar-refractivity contribution is 8.13. The Morgan fingerprint density at radius 3 is 2.73 bits per heavy atom. The van der Waals surface area contributed by atoms with E-state index in [0.29, 0.717) is 5.39 Å². The van der Waals surface area contributed by atoms with Gasteiger partial charge in [-0.3, -0.25) is 4.79 Å². The molecule has 0 saturated carbocycles. The van der Waals surface area contributed by atoms with E-state index >= 15 is 0 Å². The van der Waals surface area contributed by atoms with Crippen LogP contribution in [-0.2, 0) is 9.05 Å². The van der Waals surface area contributed by atoms with Crippen LogP contribution in [0.15, 0.2) is 34.1 Å². The van der Waals surface area contributed by atoms with Gasteiger partial charge in [0.2, 0.25) is 0 Å². The van der Waals surface area contributed by atoms with Crippen molar-refractivity contribution in [2.24, 2.45) is 0 Å². The van der Waals surface area contributed by atoms with Gasteiger partial charge in [0.1, 0.15) is 0 Å². The molecule has 1 N–H and O–H groups in total. The van der Waals surface area contributed by atoms with Crippen LogP contribution in [0.3, 0.4) is 0 Å². The van der Waals surface area contributed by atoms with Crippen LogP contribution in [-0.4, -0.2) is 18.6 Å². The van der Waals surface area contributed by atoms with E-state index in [-0.39, 0.29) is 10.3 Å². The number of fused-ring (bicyclic) bond motifs is 1. The van der Waals surface area contributed by atoms with Gasteiger partial charge in [-0.25, -0.2) is 13.5 Å². The van der Waals surface area contributed by atoms with E-state index in [0.717, 1.165) is 0 Å². The highest BCUT2D eigenvalue weighted by atomic mass is 35.7. The summed E-state index contributed by atoms with van der Waals surface area (Å²) >= 11 is 0. The van der Waals surface area contributed by atoms with E-state index in [1.807, 2.05) is 0 Å². The second kappa shape index (κ2) is 3.32. The minimum atomic E-state index is -3.81. The molecule has 0 fully saturated rings. The summed E-state index contributed by atoms with van der Waals surface area (Å²) in [5.41, 5.74) is -0.449. The highest BCUT2D eigenvalue weighted by Crippen LogP contribution is 2.18. The Morgan fingerprint density at radius 1 is 1.33 bits per heavy atom. The molecule has 7 heteroatoms. The van der Waals surface area contributed by atoms with Crippen LogP contribution in [0.25, 0.3) is 10.8 Å². The minimum Gasteiger partial charge on any atom is -0.267 e. The second-order valence-electron chi connectivity index (χ2n) is 2.89. The van der Waals surface area contributed by atoms with Gasteiger partial charge in [0.05, 0.1) is 16.5 Å². The number of H-pyrrole nitrogens is 1. The average molecular weight is 245 g/mol. The average Bonchev–Trinajstić information content (AvgIpc) is 2.16. The maximum absolute atomic E-state index is 11.3. The zero-order chi connectivity index (χ0) is 11.1. The van der Waals surface area contributed by atoms with Gasteiger partial charge in [-0.2, -0.15) is 5.10 Å². The summed E-state index contributed by atoms with van der Waals surface area (Å²) in [7, 11) is 1.34. The number of nitrogens with zero attached hydrogens (tertiary/aromatic N) is 1. The zero-order valence-electron chi connectivity index (χ0n) is 7.27. The van der Waals surface area contributed by atoms with Crippen molar-refractivity contribution in [3.05, 3.63) is 34.7 Å². The number of hydrogen-bond donors (Lipinski definition) is 1. The Bertz CT molecular complexity index is 678. The third-order valence-electron chi connectivity index (χ3n) is 1.92. The second-order valence-corrected chi connectivity index (χ2v) is 5.45. The summed E-state index contributed by atoms with van der Waals surface area (Å²) in [5.74, 6) is 0. The van der Waals surface area contributed by atoms with E-state index in [4.69, 9.17) is 10.7 Å². The molecule has 2 aromatic rings. The van der Waals surface area contributed by atoms with Gasteiger partial charge in [0.15, 0.2) is 0 Å². The Morgan fingerprint density at radius 2 is 2.07 bits per heavy atom. The van der Waals surface area contributed by atoms with Crippen LogP contribution in [0, 0.1) is 0 Å². The molecule has 0 spiro atoms. The molecule has 5 nitrogen and oxygen atoms in total. The van der Waals surface area contributed by atoms with Gasteiger partial charge in [-0.05, 0) is 12.1 Å². The molecule has 0 bridgehead atoms. The van der Waals surface area contributed by atoms with E-state index in [1.165, 1.54) is 24.4 Å². The van der Waals surface area contributed by atoms with Crippen molar-refractivity contribution in [1.29, 1.82) is 0 Å². The normalized spacial score (nSPS) is 11.8. The summed E-state index contributed by atoms with van der Waals surface area (Å²) in [6.45, 7) is 0. The fraction of sp³-hybridized carbons (Fsp3) is 0. The lowest BCUT2D eigenvalue weighted by molar-refractivity contribution is 0.609. The number of benzene rings is 1. The molecule has 78 valence electrons. The molecular weight excluding hydrogens is 240 g/mol. The molecule has 0 atom stereocenters. The Kier molecular flexibility index (Phi) is 2.24. The molecule has 0 amide bonds. The maximum atomic E-state index is 11.3. The molecule has 0 aliphatic heterocycles. The van der Waals surface area contributed by atoms with Crippen molar-refractivity contribution < 1.29 is 8.42 Å². The zero-order valence-corrected chi connectivity index (χ0v) is 8.84. The van der Waals surface area contributed by atoms with E-state index in [9.17, 15) is 13.2 Å². The summed E-state index contributed by atoms with van der Waals surface area (Å²) < 4.78 is 22.1. The predicted octanol–water partition coefficient (Wildman–Crippen LogP) is 0.851. The first kappa shape index (κ1) is 10.1. The number of nitrogens with one attached hydrogen (secondary N) is 1. The van der Waals surface area contributed by atoms with Crippen molar-refractivity contribution in [2.45, 2.75) is 4.90 Å². The summed E-state index contributed by atoms with van der Waals surface area (Å²) in [4.78, 5) is 11.2. The number of rotatable bonds is 1. The SMILES string of the molecule is O=c1[nH]ncc2ccc(S(=O)(=O)Cl)cc12. The standard InChI is InChI=1S/C8H5ClN2O3S/c9-15(13,14)6-2-1-5-4-10-11-8(12)7(5)3-6/h1-4H,(H,11,12). The lowest BCUT2D eigenvalue weighted by Gasteiger charge is -1.98. The number of halogens is 1. The molecule has 15 heavy (non-hydrogen) atoms. The number of hydrogen-bond acceptors (Lipinski definition) is 4. The lowest BCUT2D eigenvalue weighted by Crippen LogP contribution is -2.07. The molecule has 0 aliphatic carbocycles. The minimum absolute atomic E-state index is 0.103. The predicted molar refractivity (Wildman–Crippen MR) is 55.4 cm³/mol. The van der Waals surface area contributed by atoms with Crippen LogP contribution < -0.4 is 5.56 Å². The van der Waals surface area contributed by atoms with Crippen LogP contribution in [0.4, 0.5) is 0 Å². The van der Waals surface area contributed by atoms with Gasteiger partial charge < -0.3 is 0 Å². The van der Waals surface area contributed by atoms with Crippen LogP contribution in [0.1, 0.15) is 0 Å². The van der Waals surface area contributed by atoms with Gasteiger partial charge in [0.25, 0.3) is 14.6 Å². The lowest BCUT2D eigenvalue weighted by atomic mass is 10.2. The van der Waals surface area contributed by atoms with Gasteiger partial charge in [-0.15, -0.1) is 0 Å². The highest BCUT2D eigenvalue weighted by Gasteiger charge is 2.11. The molecular formula is C8H5ClN2O3S. The number of aromatic amines is 1. The van der Waals surface area contributed by atoms with E-state index in [1.54, 1.807) is 0 Å². The van der Waals surface area contributed by atoms with Gasteiger partial charge >= 0.3 is 0 Å². The molecule has 0 saturated heterocycles. The van der Waals surface area contributed by atoms with E-state index < -0.39 is 14.6 Å². The van der Waals surface area contributed by atoms with Crippen molar-refractivity contribution >= 4 is 30.5 Å². The largest absolute Gasteiger partial charge is 0.272 e. The Hall–Kier alpha value is -1.40. The van der Waals surface area contributed by atoms with Crippen LogP contribution >= 0.6 is 10.7 Å². The van der Waals surface area contributed by atoms with Gasteiger partial charge in [-0.1, -0.05) is 6.07 Å². The molecule has 0 aliphatic rings. The third kappa shape index (κ3) is 1.86. The maximum Gasteiger partial charge on any atom is 0.272 e. The van der Waals surface area contributed by atoms with E-state index in [2.05, 4.69) is 10.2 Å². The molecule has 1 aromatic heterocycles. The Labute approximate surface area is 89.1 Å². The summed E-state index contributed by atoms with van der Waals surface area (Å²) in [5, 5.41) is 6.59. The molecule has 1 heterocycles. The first-order chi connectivity index (χ1) is 6.98. The molecule has 0 unspecified atom stereocenters. The van der Waals surface area contributed by atoms with Crippen LogP contribution in [0.5, 0.6) is 0 Å². The van der Waals surface area contributed by atoms with Gasteiger partial charge in [0, 0.05) is 16.1 Å². The first-order valence-electron chi connectivity index (χ1n) is 3.90. The smallest absolute Gasteiger partial charge is 0.267 e. The molecule has 1 aromatic carbocycles. The van der Waals surface area contributed by atoms with Crippen molar-refractivity contribution in [1.82, 2.24) is 10.2 Å². The van der Waals surface area contributed by atoms with Crippen molar-refractivity contribution in [2.75, 3.05) is 0 Å². The summed E-state index contributed by atoms with van der Waals surface area (Å²) in [6.07, 6.45) is 1.43. The number of aromatic nitrogens is 2. The fourth-order valence-electron chi connectivity index (χ4n) is 1.22. The topological polar surface area (TPSA) is 79.9 Å². The molecule has 0 radical (unpaired) electrons. The van der Waals surface area contributed by atoms with Crippen molar-refractivity contribution in [3.63, 3.8) is 0 Å². The molecule has 2 rings (SSSR count). The fourth-order valence-corrected chi connectivity index (χ4v) is 1.99. The quantitative estimate of drug-likeness (QED) is 0.755. The Balaban J connectivity index is 2.88.